The smallest absolute Gasteiger partial charge is 0.161 e. The minimum Gasteiger partial charge on any atom is -0.508 e. The van der Waals surface area contributed by atoms with E-state index in [4.69, 9.17) is 10.5 Å². The van der Waals surface area contributed by atoms with E-state index in [9.17, 15) is 18.3 Å². The summed E-state index contributed by atoms with van der Waals surface area (Å²) in [7, 11) is 0. The van der Waals surface area contributed by atoms with Gasteiger partial charge >= 0.3 is 0 Å². The molecular formula is C15H12F3NO2. The lowest BCUT2D eigenvalue weighted by molar-refractivity contribution is 0.147. The highest BCUT2D eigenvalue weighted by Gasteiger charge is 2.32. The molecule has 3 nitrogen and oxygen atoms in total. The normalized spacial score (nSPS) is 20.8. The van der Waals surface area contributed by atoms with E-state index in [1.54, 1.807) is 12.1 Å². The summed E-state index contributed by atoms with van der Waals surface area (Å²) < 4.78 is 45.7. The highest BCUT2D eigenvalue weighted by atomic mass is 19.2. The zero-order valence-electron chi connectivity index (χ0n) is 10.8. The van der Waals surface area contributed by atoms with Crippen molar-refractivity contribution < 1.29 is 23.0 Å². The van der Waals surface area contributed by atoms with E-state index >= 15 is 0 Å². The summed E-state index contributed by atoms with van der Waals surface area (Å²) >= 11 is 0. The van der Waals surface area contributed by atoms with Gasteiger partial charge in [-0.05, 0) is 24.6 Å². The first-order chi connectivity index (χ1) is 9.97. The van der Waals surface area contributed by atoms with Crippen molar-refractivity contribution in [1.82, 2.24) is 0 Å². The van der Waals surface area contributed by atoms with Gasteiger partial charge in [0.15, 0.2) is 11.6 Å². The molecule has 0 saturated heterocycles. The number of halogens is 3. The Morgan fingerprint density at radius 3 is 2.57 bits per heavy atom. The molecule has 1 aliphatic rings. The number of phenolic OH excluding ortho intramolecular Hbond substituents is 1. The number of nitrogens with two attached hydrogens (primary N) is 1. The average molecular weight is 295 g/mol. The molecule has 2 atom stereocenters. The van der Waals surface area contributed by atoms with Crippen LogP contribution < -0.4 is 10.5 Å². The van der Waals surface area contributed by atoms with Gasteiger partial charge in [-0.1, -0.05) is 6.07 Å². The molecule has 0 amide bonds. The maximum absolute atomic E-state index is 13.9. The molecule has 0 unspecified atom stereocenters. The van der Waals surface area contributed by atoms with Gasteiger partial charge in [-0.3, -0.25) is 0 Å². The Balaban J connectivity index is 2.03. The van der Waals surface area contributed by atoms with Crippen LogP contribution in [0.5, 0.6) is 11.5 Å². The van der Waals surface area contributed by atoms with E-state index in [0.29, 0.717) is 17.4 Å². The van der Waals surface area contributed by atoms with Crippen molar-refractivity contribution in [1.29, 1.82) is 0 Å². The maximum atomic E-state index is 13.9. The van der Waals surface area contributed by atoms with Crippen molar-refractivity contribution >= 4 is 0 Å². The van der Waals surface area contributed by atoms with E-state index in [1.807, 2.05) is 0 Å². The number of rotatable bonds is 1. The third-order valence-electron chi connectivity index (χ3n) is 3.54. The first-order valence-electron chi connectivity index (χ1n) is 6.35. The second kappa shape index (κ2) is 4.96. The lowest BCUT2D eigenvalue weighted by Crippen LogP contribution is -2.38. The van der Waals surface area contributed by atoms with Crippen molar-refractivity contribution in [3.8, 4) is 11.5 Å². The molecule has 1 heterocycles. The molecule has 0 aromatic heterocycles. The second-order valence-corrected chi connectivity index (χ2v) is 4.95. The van der Waals surface area contributed by atoms with Crippen LogP contribution in [0, 0.1) is 17.5 Å². The Kier molecular flexibility index (Phi) is 3.25. The number of hydrogen-bond donors (Lipinski definition) is 2. The van der Waals surface area contributed by atoms with Gasteiger partial charge < -0.3 is 15.6 Å². The van der Waals surface area contributed by atoms with Crippen molar-refractivity contribution in [2.75, 3.05) is 0 Å². The van der Waals surface area contributed by atoms with Gasteiger partial charge in [-0.25, -0.2) is 13.2 Å². The molecule has 0 fully saturated rings. The summed E-state index contributed by atoms with van der Waals surface area (Å²) in [6, 6.07) is 5.20. The Bertz CT molecular complexity index is 706. The predicted octanol–water partition coefficient (Wildman–Crippen LogP) is 2.81. The molecule has 0 bridgehead atoms. The van der Waals surface area contributed by atoms with Gasteiger partial charge in [0.1, 0.15) is 23.4 Å². The molecule has 0 spiro atoms. The third-order valence-corrected chi connectivity index (χ3v) is 3.54. The Labute approximate surface area is 118 Å². The van der Waals surface area contributed by atoms with Crippen LogP contribution in [0.1, 0.15) is 17.2 Å². The first-order valence-corrected chi connectivity index (χ1v) is 6.35. The summed E-state index contributed by atoms with van der Waals surface area (Å²) in [5, 5.41) is 9.75. The zero-order valence-corrected chi connectivity index (χ0v) is 10.8. The van der Waals surface area contributed by atoms with Crippen LogP contribution >= 0.6 is 0 Å². The SMILES string of the molecule is N[C@H]1Cc2c(O)cccc2O[C@@H]1c1cc(F)c(F)cc1F. The highest BCUT2D eigenvalue weighted by Crippen LogP contribution is 2.39. The maximum Gasteiger partial charge on any atom is 0.161 e. The lowest BCUT2D eigenvalue weighted by atomic mass is 9.92. The van der Waals surface area contributed by atoms with Crippen LogP contribution in [0.2, 0.25) is 0 Å². The molecule has 3 N–H and O–H groups in total. The number of aromatic hydroxyl groups is 1. The van der Waals surface area contributed by atoms with Gasteiger partial charge in [0, 0.05) is 17.2 Å². The monoisotopic (exact) mass is 295 g/mol. The van der Waals surface area contributed by atoms with Crippen molar-refractivity contribution in [3.63, 3.8) is 0 Å². The van der Waals surface area contributed by atoms with Crippen LogP contribution in [0.3, 0.4) is 0 Å². The van der Waals surface area contributed by atoms with Crippen LogP contribution in [-0.4, -0.2) is 11.1 Å². The molecule has 6 heteroatoms. The van der Waals surface area contributed by atoms with Crippen LogP contribution in [0.4, 0.5) is 13.2 Å². The predicted molar refractivity (Wildman–Crippen MR) is 69.5 cm³/mol. The molecule has 3 rings (SSSR count). The average Bonchev–Trinajstić information content (AvgIpc) is 2.44. The van der Waals surface area contributed by atoms with Crippen molar-refractivity contribution in [3.05, 3.63) is 58.9 Å². The zero-order chi connectivity index (χ0) is 15.1. The van der Waals surface area contributed by atoms with Gasteiger partial charge in [0.25, 0.3) is 0 Å². The summed E-state index contributed by atoms with van der Waals surface area (Å²) in [4.78, 5) is 0. The fraction of sp³-hybridized carbons (Fsp3) is 0.200. The standard InChI is InChI=1S/C15H12F3NO2/c16-9-6-11(18)10(17)4-7(9)15-12(19)5-8-13(20)2-1-3-14(8)21-15/h1-4,6,12,15,20H,5,19H2/t12-,15+/m0/s1. The second-order valence-electron chi connectivity index (χ2n) is 4.95. The highest BCUT2D eigenvalue weighted by molar-refractivity contribution is 5.46. The Morgan fingerprint density at radius 2 is 1.81 bits per heavy atom. The number of hydrogen-bond acceptors (Lipinski definition) is 3. The van der Waals surface area contributed by atoms with Crippen LogP contribution in [0.25, 0.3) is 0 Å². The summed E-state index contributed by atoms with van der Waals surface area (Å²) in [5.41, 5.74) is 6.31. The van der Waals surface area contributed by atoms with E-state index < -0.39 is 29.6 Å². The molecule has 0 saturated carbocycles. The number of phenols is 1. The Hall–Kier alpha value is -2.21. The minimum absolute atomic E-state index is 0.0344. The molecule has 21 heavy (non-hydrogen) atoms. The summed E-state index contributed by atoms with van der Waals surface area (Å²) in [6.07, 6.45) is -0.708. The van der Waals surface area contributed by atoms with Crippen molar-refractivity contribution in [2.45, 2.75) is 18.6 Å². The molecule has 2 aromatic carbocycles. The summed E-state index contributed by atoms with van der Waals surface area (Å²) in [5.74, 6) is -2.96. The largest absolute Gasteiger partial charge is 0.508 e. The fourth-order valence-corrected chi connectivity index (χ4v) is 2.49. The van der Waals surface area contributed by atoms with E-state index in [-0.39, 0.29) is 17.7 Å². The van der Waals surface area contributed by atoms with Crippen LogP contribution in [-0.2, 0) is 6.42 Å². The lowest BCUT2D eigenvalue weighted by Gasteiger charge is -2.32. The van der Waals surface area contributed by atoms with Gasteiger partial charge in [-0.2, -0.15) is 0 Å². The summed E-state index contributed by atoms with van der Waals surface area (Å²) in [6.45, 7) is 0. The number of benzene rings is 2. The molecule has 2 aromatic rings. The van der Waals surface area contributed by atoms with E-state index in [0.717, 1.165) is 6.07 Å². The van der Waals surface area contributed by atoms with Crippen LogP contribution in [0.15, 0.2) is 30.3 Å². The first kappa shape index (κ1) is 13.8. The van der Waals surface area contributed by atoms with Gasteiger partial charge in [0.2, 0.25) is 0 Å². The van der Waals surface area contributed by atoms with E-state index in [2.05, 4.69) is 0 Å². The third kappa shape index (κ3) is 2.31. The molecule has 0 aliphatic carbocycles. The number of fused-ring (bicyclic) bond motifs is 1. The quantitative estimate of drug-likeness (QED) is 0.795. The number of ether oxygens (including phenoxy) is 1. The Morgan fingerprint density at radius 1 is 1.10 bits per heavy atom. The molecule has 0 radical (unpaired) electrons. The molecule has 1 aliphatic heterocycles. The molecular weight excluding hydrogens is 283 g/mol. The van der Waals surface area contributed by atoms with Gasteiger partial charge in [-0.15, -0.1) is 0 Å². The van der Waals surface area contributed by atoms with E-state index in [1.165, 1.54) is 6.07 Å². The fourth-order valence-electron chi connectivity index (χ4n) is 2.49. The van der Waals surface area contributed by atoms with Gasteiger partial charge in [0.05, 0.1) is 6.04 Å². The minimum atomic E-state index is -1.27. The molecule has 110 valence electrons. The topological polar surface area (TPSA) is 55.5 Å². The van der Waals surface area contributed by atoms with Crippen molar-refractivity contribution in [2.24, 2.45) is 5.73 Å².